The van der Waals surface area contributed by atoms with Gasteiger partial charge in [0, 0.05) is 17.5 Å². The third-order valence-electron chi connectivity index (χ3n) is 5.08. The Morgan fingerprint density at radius 3 is 2.23 bits per heavy atom. The molecule has 0 spiro atoms. The first-order chi connectivity index (χ1) is 14.2. The summed E-state index contributed by atoms with van der Waals surface area (Å²) in [7, 11) is 0. The lowest BCUT2D eigenvalue weighted by atomic mass is 9.79. The van der Waals surface area contributed by atoms with Crippen molar-refractivity contribution in [1.29, 1.82) is 0 Å². The summed E-state index contributed by atoms with van der Waals surface area (Å²) in [5.74, 6) is -1.14. The van der Waals surface area contributed by atoms with E-state index in [0.717, 1.165) is 5.39 Å². The molecule has 0 fully saturated rings. The molecule has 0 saturated carbocycles. The Hall–Kier alpha value is -3.03. The molecule has 0 radical (unpaired) electrons. The van der Waals surface area contributed by atoms with Crippen LogP contribution in [0.15, 0.2) is 24.3 Å². The average molecular weight is 431 g/mol. The molecule has 1 atom stereocenters. The molecule has 1 amide bonds. The molecular weight excluding hydrogens is 400 g/mol. The number of amides is 1. The Kier molecular flexibility index (Phi) is 5.54. The topological polar surface area (TPSA) is 107 Å². The van der Waals surface area contributed by atoms with Gasteiger partial charge in [0.1, 0.15) is 16.7 Å². The van der Waals surface area contributed by atoms with Gasteiger partial charge in [-0.3, -0.25) is 0 Å². The van der Waals surface area contributed by atoms with E-state index in [4.69, 9.17) is 9.47 Å². The number of carbonyl (C=O) groups is 3. The van der Waals surface area contributed by atoms with E-state index in [2.05, 4.69) is 5.32 Å². The Morgan fingerprint density at radius 2 is 1.65 bits per heavy atom. The third-order valence-corrected chi connectivity index (χ3v) is 5.08. The van der Waals surface area contributed by atoms with E-state index >= 15 is 0 Å². The van der Waals surface area contributed by atoms with Gasteiger partial charge in [-0.25, -0.2) is 19.0 Å². The zero-order chi connectivity index (χ0) is 23.2. The highest BCUT2D eigenvalue weighted by Gasteiger charge is 2.46. The van der Waals surface area contributed by atoms with Crippen molar-refractivity contribution in [3.8, 4) is 0 Å². The molecule has 0 aliphatic heterocycles. The minimum absolute atomic E-state index is 0.0349. The highest BCUT2D eigenvalue weighted by Crippen LogP contribution is 2.37. The van der Waals surface area contributed by atoms with Crippen LogP contribution in [0.1, 0.15) is 59.2 Å². The third kappa shape index (κ3) is 4.68. The molecule has 1 unspecified atom stereocenters. The number of nitrogens with zero attached hydrogens (tertiary/aromatic N) is 1. The summed E-state index contributed by atoms with van der Waals surface area (Å²) in [6.07, 6.45) is -0.853. The highest BCUT2D eigenvalue weighted by molar-refractivity contribution is 5.95. The van der Waals surface area contributed by atoms with Crippen molar-refractivity contribution in [3.63, 3.8) is 0 Å². The minimum atomic E-state index is -1.53. The van der Waals surface area contributed by atoms with Gasteiger partial charge in [-0.05, 0) is 66.0 Å². The highest BCUT2D eigenvalue weighted by atomic mass is 16.6. The van der Waals surface area contributed by atoms with Gasteiger partial charge in [0.2, 0.25) is 0 Å². The van der Waals surface area contributed by atoms with E-state index in [1.165, 1.54) is 4.57 Å². The summed E-state index contributed by atoms with van der Waals surface area (Å²) in [5, 5.41) is 13.4. The summed E-state index contributed by atoms with van der Waals surface area (Å²) in [5.41, 5.74) is -0.883. The molecular formula is C23H30N2O6. The van der Waals surface area contributed by atoms with Crippen LogP contribution in [-0.4, -0.2) is 44.6 Å². The Balaban J connectivity index is 2.05. The first-order valence-corrected chi connectivity index (χ1v) is 10.3. The van der Waals surface area contributed by atoms with Crippen LogP contribution >= 0.6 is 0 Å². The Morgan fingerprint density at radius 1 is 1.03 bits per heavy atom. The number of carboxylic acids is 1. The van der Waals surface area contributed by atoms with Gasteiger partial charge < -0.3 is 19.9 Å². The number of carbonyl (C=O) groups excluding carboxylic acids is 2. The van der Waals surface area contributed by atoms with Crippen molar-refractivity contribution in [3.05, 3.63) is 35.5 Å². The quantitative estimate of drug-likeness (QED) is 0.737. The van der Waals surface area contributed by atoms with Gasteiger partial charge in [-0.1, -0.05) is 18.2 Å². The molecule has 168 valence electrons. The molecule has 2 N–H and O–H groups in total. The molecule has 3 rings (SSSR count). The average Bonchev–Trinajstić information content (AvgIpc) is 2.92. The zero-order valence-electron chi connectivity index (χ0n) is 18.9. The van der Waals surface area contributed by atoms with Crippen LogP contribution in [-0.2, 0) is 27.1 Å². The van der Waals surface area contributed by atoms with Crippen molar-refractivity contribution in [2.75, 3.05) is 0 Å². The van der Waals surface area contributed by atoms with Crippen LogP contribution in [0.5, 0.6) is 0 Å². The maximum absolute atomic E-state index is 13.0. The summed E-state index contributed by atoms with van der Waals surface area (Å²) >= 11 is 0. The smallest absolute Gasteiger partial charge is 0.419 e. The lowest BCUT2D eigenvalue weighted by molar-refractivity contribution is -0.145. The number of fused-ring (bicyclic) bond motifs is 3. The van der Waals surface area contributed by atoms with Gasteiger partial charge >= 0.3 is 18.2 Å². The normalized spacial score (nSPS) is 18.9. The second kappa shape index (κ2) is 7.59. The maximum atomic E-state index is 13.0. The molecule has 1 aromatic carbocycles. The van der Waals surface area contributed by atoms with Crippen LogP contribution in [0.2, 0.25) is 0 Å². The molecule has 2 aromatic rings. The maximum Gasteiger partial charge on any atom is 0.419 e. The number of nitrogens with one attached hydrogen (secondary N) is 1. The van der Waals surface area contributed by atoms with Crippen LogP contribution in [0.25, 0.3) is 10.9 Å². The van der Waals surface area contributed by atoms with Crippen molar-refractivity contribution < 1.29 is 29.0 Å². The largest absolute Gasteiger partial charge is 0.479 e. The van der Waals surface area contributed by atoms with Crippen molar-refractivity contribution in [2.24, 2.45) is 0 Å². The van der Waals surface area contributed by atoms with E-state index in [1.807, 2.05) is 18.2 Å². The molecule has 1 aliphatic carbocycles. The number of benzene rings is 1. The Labute approximate surface area is 181 Å². The molecule has 8 heteroatoms. The predicted molar refractivity (Wildman–Crippen MR) is 115 cm³/mol. The number of ether oxygens (including phenoxy) is 2. The standard InChI is InChI=1S/C23H30N2O6/c1-21(2,3)30-19(28)24-23(18(26)27)12-11-17-15(13-23)14-9-7-8-10-16(14)25(17)20(29)31-22(4,5)6/h7-10H,11-13H2,1-6H3,(H,24,28)(H,26,27). The second-order valence-corrected chi connectivity index (χ2v) is 9.95. The Bertz CT molecular complexity index is 1040. The first kappa shape index (κ1) is 22.7. The molecule has 1 aromatic heterocycles. The number of carboxylic acid groups (broad SMARTS) is 1. The monoisotopic (exact) mass is 430 g/mol. The summed E-state index contributed by atoms with van der Waals surface area (Å²) in [6, 6.07) is 7.31. The van der Waals surface area contributed by atoms with E-state index in [0.29, 0.717) is 16.8 Å². The molecule has 8 nitrogen and oxygen atoms in total. The van der Waals surface area contributed by atoms with Gasteiger partial charge in [0.15, 0.2) is 0 Å². The van der Waals surface area contributed by atoms with Gasteiger partial charge in [-0.2, -0.15) is 0 Å². The van der Waals surface area contributed by atoms with Gasteiger partial charge in [0.25, 0.3) is 0 Å². The molecule has 31 heavy (non-hydrogen) atoms. The van der Waals surface area contributed by atoms with Crippen LogP contribution in [0.3, 0.4) is 0 Å². The van der Waals surface area contributed by atoms with Crippen LogP contribution < -0.4 is 5.32 Å². The van der Waals surface area contributed by atoms with Crippen LogP contribution in [0, 0.1) is 0 Å². The predicted octanol–water partition coefficient (Wildman–Crippen LogP) is 4.26. The number of para-hydroxylation sites is 1. The number of aromatic nitrogens is 1. The van der Waals surface area contributed by atoms with Crippen LogP contribution in [0.4, 0.5) is 9.59 Å². The number of hydrogen-bond donors (Lipinski definition) is 2. The van der Waals surface area contributed by atoms with E-state index < -0.39 is 34.9 Å². The lowest BCUT2D eigenvalue weighted by Crippen LogP contribution is -2.58. The zero-order valence-corrected chi connectivity index (χ0v) is 18.9. The fourth-order valence-corrected chi connectivity index (χ4v) is 3.90. The van der Waals surface area contributed by atoms with Gasteiger partial charge in [0.05, 0.1) is 5.52 Å². The molecule has 1 aliphatic rings. The molecule has 0 bridgehead atoms. The number of aliphatic carboxylic acids is 1. The summed E-state index contributed by atoms with van der Waals surface area (Å²) in [4.78, 5) is 37.7. The molecule has 0 saturated heterocycles. The van der Waals surface area contributed by atoms with Crippen molar-refractivity contribution in [1.82, 2.24) is 9.88 Å². The van der Waals surface area contributed by atoms with E-state index in [1.54, 1.807) is 47.6 Å². The van der Waals surface area contributed by atoms with Crippen molar-refractivity contribution >= 4 is 29.1 Å². The SMILES string of the molecule is CC(C)(C)OC(=O)NC1(C(=O)O)CCc2c(c3ccccc3n2C(=O)OC(C)(C)C)C1. The fraction of sp³-hybridized carbons (Fsp3) is 0.522. The first-order valence-electron chi connectivity index (χ1n) is 10.3. The number of hydrogen-bond acceptors (Lipinski definition) is 5. The lowest BCUT2D eigenvalue weighted by Gasteiger charge is -2.35. The van der Waals surface area contributed by atoms with E-state index in [9.17, 15) is 19.5 Å². The summed E-state index contributed by atoms with van der Waals surface area (Å²) in [6.45, 7) is 10.5. The number of rotatable bonds is 2. The van der Waals surface area contributed by atoms with Crippen molar-refractivity contribution in [2.45, 2.75) is 77.5 Å². The fourth-order valence-electron chi connectivity index (χ4n) is 3.90. The minimum Gasteiger partial charge on any atom is -0.479 e. The molecule has 1 heterocycles. The van der Waals surface area contributed by atoms with Gasteiger partial charge in [-0.15, -0.1) is 0 Å². The number of alkyl carbamates (subject to hydrolysis) is 1. The summed E-state index contributed by atoms with van der Waals surface area (Å²) < 4.78 is 12.4. The van der Waals surface area contributed by atoms with E-state index in [-0.39, 0.29) is 19.3 Å². The second-order valence-electron chi connectivity index (χ2n) is 9.95.